The molecule has 1 saturated carbocycles. The zero-order valence-electron chi connectivity index (χ0n) is 13.5. The van der Waals surface area contributed by atoms with E-state index in [0.29, 0.717) is 11.4 Å². The minimum absolute atomic E-state index is 0.150. The van der Waals surface area contributed by atoms with E-state index in [0.717, 1.165) is 18.5 Å². The van der Waals surface area contributed by atoms with Crippen LogP contribution in [0.15, 0.2) is 36.5 Å². The smallest absolute Gasteiger partial charge is 0.275 e. The molecule has 122 valence electrons. The topological polar surface area (TPSA) is 56.2 Å². The van der Waals surface area contributed by atoms with Gasteiger partial charge in [0.2, 0.25) is 0 Å². The molecule has 1 heterocycles. The highest BCUT2D eigenvalue weighted by Crippen LogP contribution is 2.21. The Balaban J connectivity index is 1.78. The second kappa shape index (κ2) is 7.31. The number of rotatable bonds is 4. The van der Waals surface area contributed by atoms with Crippen molar-refractivity contribution in [2.24, 2.45) is 0 Å². The lowest BCUT2D eigenvalue weighted by molar-refractivity contribution is 0.0925. The average Bonchev–Trinajstić information content (AvgIpc) is 2.87. The lowest BCUT2D eigenvalue weighted by Crippen LogP contribution is -2.34. The third-order valence-electron chi connectivity index (χ3n) is 4.33. The van der Waals surface area contributed by atoms with Crippen molar-refractivity contribution in [1.82, 2.24) is 15.1 Å². The van der Waals surface area contributed by atoms with Crippen LogP contribution in [0.4, 0.5) is 0 Å². The van der Waals surface area contributed by atoms with Gasteiger partial charge in [-0.3, -0.25) is 4.79 Å². The fraction of sp³-hybridized carbons (Fsp3) is 0.444. The molecular formula is C18H23N3O2. The van der Waals surface area contributed by atoms with Gasteiger partial charge in [0.15, 0.2) is 11.4 Å². The Bertz CT molecular complexity index is 644. The van der Waals surface area contributed by atoms with Crippen LogP contribution in [0.25, 0.3) is 5.69 Å². The number of amides is 1. The van der Waals surface area contributed by atoms with Crippen molar-refractivity contribution in [1.29, 1.82) is 0 Å². The van der Waals surface area contributed by atoms with E-state index < -0.39 is 0 Å². The molecule has 1 amide bonds. The number of carbonyl (C=O) groups is 1. The molecule has 0 radical (unpaired) electrons. The van der Waals surface area contributed by atoms with Crippen LogP contribution >= 0.6 is 0 Å². The van der Waals surface area contributed by atoms with Gasteiger partial charge in [0, 0.05) is 6.04 Å². The van der Waals surface area contributed by atoms with Crippen LogP contribution in [0.5, 0.6) is 5.75 Å². The van der Waals surface area contributed by atoms with Crippen molar-refractivity contribution in [2.45, 2.75) is 44.6 Å². The van der Waals surface area contributed by atoms with Gasteiger partial charge in [-0.1, -0.05) is 43.9 Å². The maximum Gasteiger partial charge on any atom is 0.275 e. The average molecular weight is 313 g/mol. The molecular weight excluding hydrogens is 290 g/mol. The summed E-state index contributed by atoms with van der Waals surface area (Å²) in [5.74, 6) is 0.350. The summed E-state index contributed by atoms with van der Waals surface area (Å²) in [6, 6.07) is 9.96. The summed E-state index contributed by atoms with van der Waals surface area (Å²) in [4.78, 5) is 12.6. The second-order valence-electron chi connectivity index (χ2n) is 5.99. The van der Waals surface area contributed by atoms with Crippen molar-refractivity contribution < 1.29 is 9.53 Å². The molecule has 0 atom stereocenters. The van der Waals surface area contributed by atoms with Crippen molar-refractivity contribution >= 4 is 5.91 Å². The Kier molecular flexibility index (Phi) is 4.95. The third-order valence-corrected chi connectivity index (χ3v) is 4.33. The number of nitrogens with zero attached hydrogens (tertiary/aromatic N) is 2. The first-order valence-corrected chi connectivity index (χ1v) is 8.28. The van der Waals surface area contributed by atoms with E-state index in [9.17, 15) is 4.79 Å². The van der Waals surface area contributed by atoms with Crippen LogP contribution < -0.4 is 10.1 Å². The first-order valence-electron chi connectivity index (χ1n) is 8.28. The van der Waals surface area contributed by atoms with E-state index in [1.807, 2.05) is 30.3 Å². The zero-order valence-corrected chi connectivity index (χ0v) is 13.5. The SMILES string of the molecule is COc1cn(-c2ccccc2)nc1C(=O)NC1CCCCCC1. The molecule has 5 heteroatoms. The largest absolute Gasteiger partial charge is 0.493 e. The molecule has 1 aromatic carbocycles. The maximum absolute atomic E-state index is 12.6. The molecule has 2 aromatic rings. The molecule has 1 fully saturated rings. The third kappa shape index (κ3) is 3.73. The highest BCUT2D eigenvalue weighted by molar-refractivity contribution is 5.95. The summed E-state index contributed by atoms with van der Waals surface area (Å²) >= 11 is 0. The van der Waals surface area contributed by atoms with Gasteiger partial charge in [-0.25, -0.2) is 4.68 Å². The first-order chi connectivity index (χ1) is 11.3. The fourth-order valence-corrected chi connectivity index (χ4v) is 3.06. The van der Waals surface area contributed by atoms with Crippen molar-refractivity contribution in [3.63, 3.8) is 0 Å². The van der Waals surface area contributed by atoms with E-state index in [2.05, 4.69) is 10.4 Å². The normalized spacial score (nSPS) is 15.9. The maximum atomic E-state index is 12.6. The van der Waals surface area contributed by atoms with E-state index in [1.165, 1.54) is 25.7 Å². The number of benzene rings is 1. The molecule has 0 unspecified atom stereocenters. The Morgan fingerprint density at radius 3 is 2.52 bits per heavy atom. The van der Waals surface area contributed by atoms with E-state index >= 15 is 0 Å². The molecule has 1 aliphatic rings. The number of hydrogen-bond donors (Lipinski definition) is 1. The van der Waals surface area contributed by atoms with Gasteiger partial charge in [0.05, 0.1) is 19.0 Å². The van der Waals surface area contributed by atoms with Gasteiger partial charge >= 0.3 is 0 Å². The number of hydrogen-bond acceptors (Lipinski definition) is 3. The van der Waals surface area contributed by atoms with Crippen molar-refractivity contribution in [3.8, 4) is 11.4 Å². The predicted molar refractivity (Wildman–Crippen MR) is 89.1 cm³/mol. The lowest BCUT2D eigenvalue weighted by atomic mass is 10.1. The Hall–Kier alpha value is -2.30. The summed E-state index contributed by atoms with van der Waals surface area (Å²) in [7, 11) is 1.56. The van der Waals surface area contributed by atoms with E-state index in [-0.39, 0.29) is 11.9 Å². The molecule has 23 heavy (non-hydrogen) atoms. The quantitative estimate of drug-likeness (QED) is 0.881. The highest BCUT2D eigenvalue weighted by Gasteiger charge is 2.22. The van der Waals surface area contributed by atoms with Crippen LogP contribution in [-0.4, -0.2) is 28.8 Å². The highest BCUT2D eigenvalue weighted by atomic mass is 16.5. The van der Waals surface area contributed by atoms with Gasteiger partial charge in [-0.05, 0) is 25.0 Å². The molecule has 3 rings (SSSR count). The van der Waals surface area contributed by atoms with Crippen LogP contribution in [0.3, 0.4) is 0 Å². The Labute approximate surface area is 136 Å². The zero-order chi connectivity index (χ0) is 16.1. The van der Waals surface area contributed by atoms with Gasteiger partial charge in [0.25, 0.3) is 5.91 Å². The van der Waals surface area contributed by atoms with Crippen LogP contribution in [0, 0.1) is 0 Å². The van der Waals surface area contributed by atoms with Crippen LogP contribution in [0.2, 0.25) is 0 Å². The monoisotopic (exact) mass is 313 g/mol. The Morgan fingerprint density at radius 2 is 1.87 bits per heavy atom. The number of aromatic nitrogens is 2. The number of carbonyl (C=O) groups excluding carboxylic acids is 1. The fourth-order valence-electron chi connectivity index (χ4n) is 3.06. The summed E-state index contributed by atoms with van der Waals surface area (Å²) in [6.45, 7) is 0. The lowest BCUT2D eigenvalue weighted by Gasteiger charge is -2.15. The molecule has 0 bridgehead atoms. The first kappa shape index (κ1) is 15.6. The molecule has 1 N–H and O–H groups in total. The van der Waals surface area contributed by atoms with Crippen LogP contribution in [-0.2, 0) is 0 Å². The molecule has 0 spiro atoms. The minimum Gasteiger partial charge on any atom is -0.493 e. The van der Waals surface area contributed by atoms with Gasteiger partial charge < -0.3 is 10.1 Å². The number of nitrogens with one attached hydrogen (secondary N) is 1. The predicted octanol–water partition coefficient (Wildman–Crippen LogP) is 3.33. The van der Waals surface area contributed by atoms with Crippen molar-refractivity contribution in [2.75, 3.05) is 7.11 Å². The minimum atomic E-state index is -0.150. The standard InChI is InChI=1S/C18H23N3O2/c1-23-16-13-21(15-11-7-4-8-12-15)20-17(16)18(22)19-14-9-5-2-3-6-10-14/h4,7-8,11-14H,2-3,5-6,9-10H2,1H3,(H,19,22). The number of methoxy groups -OCH3 is 1. The molecule has 0 aliphatic heterocycles. The van der Waals surface area contributed by atoms with Gasteiger partial charge in [-0.15, -0.1) is 0 Å². The molecule has 5 nitrogen and oxygen atoms in total. The van der Waals surface area contributed by atoms with Crippen molar-refractivity contribution in [3.05, 3.63) is 42.2 Å². The van der Waals surface area contributed by atoms with Crippen LogP contribution in [0.1, 0.15) is 49.0 Å². The summed E-state index contributed by atoms with van der Waals surface area (Å²) in [5.41, 5.74) is 1.25. The van der Waals surface area contributed by atoms with E-state index in [4.69, 9.17) is 4.74 Å². The van der Waals surface area contributed by atoms with E-state index in [1.54, 1.807) is 18.0 Å². The molecule has 1 aliphatic carbocycles. The molecule has 1 aromatic heterocycles. The summed E-state index contributed by atoms with van der Waals surface area (Å²) < 4.78 is 7.02. The summed E-state index contributed by atoms with van der Waals surface area (Å²) in [6.07, 6.45) is 8.73. The number of para-hydroxylation sites is 1. The second-order valence-corrected chi connectivity index (χ2v) is 5.99. The van der Waals surface area contributed by atoms with Gasteiger partial charge in [-0.2, -0.15) is 5.10 Å². The number of ether oxygens (including phenoxy) is 1. The molecule has 0 saturated heterocycles. The Morgan fingerprint density at radius 1 is 1.17 bits per heavy atom. The summed E-state index contributed by atoms with van der Waals surface area (Å²) in [5, 5.41) is 7.54. The van der Waals surface area contributed by atoms with Gasteiger partial charge in [0.1, 0.15) is 0 Å².